The van der Waals surface area contributed by atoms with E-state index < -0.39 is 36.1 Å². The first-order valence-corrected chi connectivity index (χ1v) is 9.92. The van der Waals surface area contributed by atoms with Crippen molar-refractivity contribution < 1.29 is 23.9 Å². The third-order valence-corrected chi connectivity index (χ3v) is 4.76. The Hall–Kier alpha value is -3.75. The Bertz CT molecular complexity index is 935. The largest absolute Gasteiger partial charge is 0.439 e. The maximum absolute atomic E-state index is 12.9. The van der Waals surface area contributed by atoms with Crippen LogP contribution in [0.3, 0.4) is 0 Å². The van der Waals surface area contributed by atoms with Gasteiger partial charge in [0, 0.05) is 32.2 Å². The van der Waals surface area contributed by atoms with Gasteiger partial charge in [0.05, 0.1) is 0 Å². The average molecular weight is 424 g/mol. The SMILES string of the molecule is CC(=O)O[C@@H]1NC(=O)[C@H]1NC(=O)[C@H](Cc1ccccc1)NC(=O)CCc1cccnc1. The minimum Gasteiger partial charge on any atom is -0.439 e. The number of amides is 3. The van der Waals surface area contributed by atoms with Gasteiger partial charge in [0.15, 0.2) is 6.04 Å². The molecule has 3 amide bonds. The van der Waals surface area contributed by atoms with Crippen LogP contribution in [0.15, 0.2) is 54.9 Å². The second-order valence-electron chi connectivity index (χ2n) is 7.20. The van der Waals surface area contributed by atoms with Crippen molar-refractivity contribution in [1.82, 2.24) is 20.9 Å². The van der Waals surface area contributed by atoms with Crippen molar-refractivity contribution in [2.75, 3.05) is 0 Å². The van der Waals surface area contributed by atoms with E-state index in [0.29, 0.717) is 6.42 Å². The fourth-order valence-electron chi connectivity index (χ4n) is 3.16. The molecule has 3 rings (SSSR count). The van der Waals surface area contributed by atoms with E-state index >= 15 is 0 Å². The number of carbonyl (C=O) groups is 4. The van der Waals surface area contributed by atoms with Gasteiger partial charge in [0.25, 0.3) is 5.91 Å². The molecule has 2 heterocycles. The van der Waals surface area contributed by atoms with Crippen molar-refractivity contribution in [3.8, 4) is 0 Å². The normalized spacial score (nSPS) is 18.2. The molecular formula is C22H24N4O5. The molecular weight excluding hydrogens is 400 g/mol. The predicted molar refractivity (Wildman–Crippen MR) is 110 cm³/mol. The Morgan fingerprint density at radius 3 is 2.52 bits per heavy atom. The molecule has 9 heteroatoms. The third kappa shape index (κ3) is 6.36. The summed E-state index contributed by atoms with van der Waals surface area (Å²) in [7, 11) is 0. The molecule has 0 radical (unpaired) electrons. The zero-order chi connectivity index (χ0) is 22.2. The van der Waals surface area contributed by atoms with Crippen molar-refractivity contribution in [3.05, 3.63) is 66.0 Å². The lowest BCUT2D eigenvalue weighted by Gasteiger charge is -2.36. The Balaban J connectivity index is 1.64. The lowest BCUT2D eigenvalue weighted by atomic mass is 10.0. The number of aromatic nitrogens is 1. The Morgan fingerprint density at radius 2 is 1.87 bits per heavy atom. The molecule has 1 fully saturated rings. The van der Waals surface area contributed by atoms with E-state index in [1.54, 1.807) is 18.5 Å². The second kappa shape index (κ2) is 10.3. The summed E-state index contributed by atoms with van der Waals surface area (Å²) in [6.45, 7) is 1.21. The van der Waals surface area contributed by atoms with Crippen LogP contribution in [0.4, 0.5) is 0 Å². The molecule has 0 bridgehead atoms. The fraction of sp³-hybridized carbons (Fsp3) is 0.318. The van der Waals surface area contributed by atoms with Crippen LogP contribution in [0.5, 0.6) is 0 Å². The predicted octanol–water partition coefficient (Wildman–Crippen LogP) is 0.246. The summed E-state index contributed by atoms with van der Waals surface area (Å²) in [5.41, 5.74) is 1.77. The lowest BCUT2D eigenvalue weighted by molar-refractivity contribution is -0.164. The van der Waals surface area contributed by atoms with Crippen molar-refractivity contribution in [3.63, 3.8) is 0 Å². The maximum atomic E-state index is 12.9. The van der Waals surface area contributed by atoms with E-state index in [9.17, 15) is 19.2 Å². The van der Waals surface area contributed by atoms with Crippen LogP contribution in [0.25, 0.3) is 0 Å². The molecule has 0 unspecified atom stereocenters. The number of hydrogen-bond acceptors (Lipinski definition) is 6. The molecule has 0 spiro atoms. The van der Waals surface area contributed by atoms with Gasteiger partial charge in [-0.15, -0.1) is 0 Å². The summed E-state index contributed by atoms with van der Waals surface area (Å²) >= 11 is 0. The number of nitrogens with one attached hydrogen (secondary N) is 3. The molecule has 31 heavy (non-hydrogen) atoms. The average Bonchev–Trinajstić information content (AvgIpc) is 2.76. The molecule has 2 aromatic rings. The first-order chi connectivity index (χ1) is 14.9. The number of carbonyl (C=O) groups excluding carboxylic acids is 4. The number of hydrogen-bond donors (Lipinski definition) is 3. The maximum Gasteiger partial charge on any atom is 0.304 e. The molecule has 1 aliphatic rings. The number of aryl methyl sites for hydroxylation is 1. The van der Waals surface area contributed by atoms with Gasteiger partial charge in [-0.3, -0.25) is 24.2 Å². The van der Waals surface area contributed by atoms with Crippen LogP contribution < -0.4 is 16.0 Å². The summed E-state index contributed by atoms with van der Waals surface area (Å²) in [6.07, 6.45) is 3.34. The van der Waals surface area contributed by atoms with Crippen molar-refractivity contribution in [2.24, 2.45) is 0 Å². The molecule has 1 aromatic carbocycles. The number of esters is 1. The molecule has 9 nitrogen and oxygen atoms in total. The third-order valence-electron chi connectivity index (χ3n) is 4.76. The standard InChI is InChI=1S/C22H24N4O5/c1-14(27)31-22-19(21(30)26-22)25-20(29)17(12-15-6-3-2-4-7-15)24-18(28)10-9-16-8-5-11-23-13-16/h2-8,11,13,17,19,22H,9-10,12H2,1H3,(H,24,28)(H,25,29)(H,26,30)/t17-,19+,22-/m0/s1. The lowest BCUT2D eigenvalue weighted by Crippen LogP contribution is -2.71. The summed E-state index contributed by atoms with van der Waals surface area (Å²) in [6, 6.07) is 11.0. The van der Waals surface area contributed by atoms with Gasteiger partial charge in [-0.2, -0.15) is 0 Å². The van der Waals surface area contributed by atoms with Crippen LogP contribution in [-0.4, -0.2) is 47.0 Å². The Kier molecular flexibility index (Phi) is 7.31. The van der Waals surface area contributed by atoms with Crippen LogP contribution in [0.1, 0.15) is 24.5 Å². The smallest absolute Gasteiger partial charge is 0.304 e. The molecule has 0 saturated carbocycles. The topological polar surface area (TPSA) is 126 Å². The highest BCUT2D eigenvalue weighted by molar-refractivity contribution is 5.96. The molecule has 1 aliphatic heterocycles. The van der Waals surface area contributed by atoms with Gasteiger partial charge in [0.1, 0.15) is 6.04 Å². The number of pyridine rings is 1. The van der Waals surface area contributed by atoms with Crippen LogP contribution in [0, 0.1) is 0 Å². The number of benzene rings is 1. The summed E-state index contributed by atoms with van der Waals surface area (Å²) in [5, 5.41) is 7.72. The van der Waals surface area contributed by atoms with E-state index in [4.69, 9.17) is 4.74 Å². The van der Waals surface area contributed by atoms with E-state index in [-0.39, 0.29) is 18.7 Å². The van der Waals surface area contributed by atoms with E-state index in [2.05, 4.69) is 20.9 Å². The van der Waals surface area contributed by atoms with Crippen molar-refractivity contribution in [2.45, 2.75) is 44.5 Å². The summed E-state index contributed by atoms with van der Waals surface area (Å²) in [4.78, 5) is 52.4. The van der Waals surface area contributed by atoms with E-state index in [1.807, 2.05) is 36.4 Å². The van der Waals surface area contributed by atoms with Gasteiger partial charge in [-0.25, -0.2) is 0 Å². The number of nitrogens with zero attached hydrogens (tertiary/aromatic N) is 1. The first kappa shape index (κ1) is 21.9. The van der Waals surface area contributed by atoms with E-state index in [0.717, 1.165) is 11.1 Å². The Labute approximate surface area is 179 Å². The van der Waals surface area contributed by atoms with E-state index in [1.165, 1.54) is 6.92 Å². The van der Waals surface area contributed by atoms with Crippen LogP contribution in [0.2, 0.25) is 0 Å². The van der Waals surface area contributed by atoms with Gasteiger partial charge < -0.3 is 20.7 Å². The minimum atomic E-state index is -0.998. The van der Waals surface area contributed by atoms with Crippen LogP contribution >= 0.6 is 0 Å². The molecule has 0 aliphatic carbocycles. The zero-order valence-electron chi connectivity index (χ0n) is 17.0. The minimum absolute atomic E-state index is 0.185. The number of β-lactam (4-membered cyclic amide) rings is 1. The Morgan fingerprint density at radius 1 is 1.13 bits per heavy atom. The highest BCUT2D eigenvalue weighted by Gasteiger charge is 2.43. The summed E-state index contributed by atoms with van der Waals surface area (Å²) in [5.74, 6) is -1.86. The van der Waals surface area contributed by atoms with Crippen molar-refractivity contribution in [1.29, 1.82) is 0 Å². The molecule has 1 saturated heterocycles. The highest BCUT2D eigenvalue weighted by Crippen LogP contribution is 2.10. The first-order valence-electron chi connectivity index (χ1n) is 9.92. The highest BCUT2D eigenvalue weighted by atomic mass is 16.6. The summed E-state index contributed by atoms with van der Waals surface area (Å²) < 4.78 is 4.96. The number of ether oxygens (including phenoxy) is 1. The van der Waals surface area contributed by atoms with Gasteiger partial charge in [0.2, 0.25) is 18.0 Å². The quantitative estimate of drug-likeness (QED) is 0.391. The second-order valence-corrected chi connectivity index (χ2v) is 7.20. The molecule has 3 N–H and O–H groups in total. The fourth-order valence-corrected chi connectivity index (χ4v) is 3.16. The van der Waals surface area contributed by atoms with Gasteiger partial charge in [-0.1, -0.05) is 36.4 Å². The van der Waals surface area contributed by atoms with Crippen molar-refractivity contribution >= 4 is 23.7 Å². The monoisotopic (exact) mass is 424 g/mol. The number of rotatable bonds is 9. The molecule has 162 valence electrons. The molecule has 1 aromatic heterocycles. The van der Waals surface area contributed by atoms with Gasteiger partial charge in [-0.05, 0) is 23.6 Å². The zero-order valence-corrected chi connectivity index (χ0v) is 17.0. The van der Waals surface area contributed by atoms with Gasteiger partial charge >= 0.3 is 5.97 Å². The van der Waals surface area contributed by atoms with Crippen LogP contribution in [-0.2, 0) is 36.8 Å². The molecule has 3 atom stereocenters.